The molecule has 0 saturated carbocycles. The third kappa shape index (κ3) is 2.95. The molecule has 0 bridgehead atoms. The van der Waals surface area contributed by atoms with E-state index >= 15 is 0 Å². The average molecular weight is 376 g/mol. The van der Waals surface area contributed by atoms with Crippen LogP contribution in [-0.2, 0) is 6.61 Å². The maximum Gasteiger partial charge on any atom is 0.244 e. The van der Waals surface area contributed by atoms with Crippen LogP contribution in [0.2, 0.25) is 0 Å². The molecule has 6 nitrogen and oxygen atoms in total. The van der Waals surface area contributed by atoms with Gasteiger partial charge in [-0.2, -0.15) is 5.26 Å². The van der Waals surface area contributed by atoms with Gasteiger partial charge in [-0.3, -0.25) is 5.10 Å². The van der Waals surface area contributed by atoms with E-state index in [1.54, 1.807) is 24.3 Å². The molecule has 28 heavy (non-hydrogen) atoms. The number of allylic oxidation sites excluding steroid dienone is 1. The molecule has 0 aliphatic carbocycles. The first-order valence-electron chi connectivity index (χ1n) is 8.67. The minimum absolute atomic E-state index is 0.00964. The van der Waals surface area contributed by atoms with Gasteiger partial charge >= 0.3 is 0 Å². The number of hydrogen-bond acceptors (Lipinski definition) is 5. The van der Waals surface area contributed by atoms with Crippen molar-refractivity contribution in [3.63, 3.8) is 0 Å². The van der Waals surface area contributed by atoms with Gasteiger partial charge in [0.1, 0.15) is 29.8 Å². The first-order valence-corrected chi connectivity index (χ1v) is 8.67. The van der Waals surface area contributed by atoms with E-state index < -0.39 is 5.92 Å². The standard InChI is InChI=1S/C21H17FN4O2/c1-12-18-19(15(10-23)20(24)28-21(18)26-25-12)14-7-3-5-9-17(14)27-11-13-6-2-4-8-16(13)22/h2-9,19H,11,24H2,1H3,(H,25,26)/t19-/m1/s1. The number of halogens is 1. The molecule has 1 aliphatic heterocycles. The highest BCUT2D eigenvalue weighted by molar-refractivity contribution is 5.57. The average Bonchev–Trinajstić information content (AvgIpc) is 3.07. The van der Waals surface area contributed by atoms with Gasteiger partial charge in [0.25, 0.3) is 0 Å². The summed E-state index contributed by atoms with van der Waals surface area (Å²) in [7, 11) is 0. The van der Waals surface area contributed by atoms with Crippen molar-refractivity contribution < 1.29 is 13.9 Å². The Labute approximate surface area is 161 Å². The maximum atomic E-state index is 13.9. The van der Waals surface area contributed by atoms with E-state index in [9.17, 15) is 9.65 Å². The van der Waals surface area contributed by atoms with Gasteiger partial charge in [-0.25, -0.2) is 4.39 Å². The van der Waals surface area contributed by atoms with Crippen molar-refractivity contribution >= 4 is 0 Å². The van der Waals surface area contributed by atoms with Crippen LogP contribution in [0, 0.1) is 24.1 Å². The van der Waals surface area contributed by atoms with Crippen LogP contribution in [0.3, 0.4) is 0 Å². The molecule has 3 N–H and O–H groups in total. The number of rotatable bonds is 4. The Kier molecular flexibility index (Phi) is 4.45. The Bertz CT molecular complexity index is 1110. The molecule has 0 radical (unpaired) electrons. The lowest BCUT2D eigenvalue weighted by Gasteiger charge is -2.25. The number of H-pyrrole nitrogens is 1. The van der Waals surface area contributed by atoms with Gasteiger partial charge in [-0.05, 0) is 19.1 Å². The number of nitrogens with two attached hydrogens (primary N) is 1. The number of benzene rings is 2. The number of fused-ring (bicyclic) bond motifs is 1. The largest absolute Gasteiger partial charge is 0.488 e. The highest BCUT2D eigenvalue weighted by Crippen LogP contribution is 2.45. The third-order valence-electron chi connectivity index (χ3n) is 4.70. The molecule has 4 rings (SSSR count). The van der Waals surface area contributed by atoms with Gasteiger partial charge in [0.2, 0.25) is 11.8 Å². The van der Waals surface area contributed by atoms with Gasteiger partial charge in [-0.15, -0.1) is 5.10 Å². The minimum atomic E-state index is -0.496. The SMILES string of the molecule is Cc1[nH]nc2c1[C@H](c1ccccc1OCc1ccccc1F)C(C#N)=C(N)O2. The van der Waals surface area contributed by atoms with Crippen LogP contribution in [0.1, 0.15) is 28.3 Å². The van der Waals surface area contributed by atoms with Gasteiger partial charge in [0.05, 0.1) is 5.92 Å². The lowest BCUT2D eigenvalue weighted by atomic mass is 9.83. The molecule has 0 saturated heterocycles. The fourth-order valence-electron chi connectivity index (χ4n) is 3.33. The van der Waals surface area contributed by atoms with Crippen LogP contribution in [0.4, 0.5) is 4.39 Å². The third-order valence-corrected chi connectivity index (χ3v) is 4.70. The monoisotopic (exact) mass is 376 g/mol. The summed E-state index contributed by atoms with van der Waals surface area (Å²) in [6.45, 7) is 1.91. The number of ether oxygens (including phenoxy) is 2. The quantitative estimate of drug-likeness (QED) is 0.724. The van der Waals surface area contributed by atoms with Crippen molar-refractivity contribution in [1.82, 2.24) is 10.2 Å². The molecule has 7 heteroatoms. The zero-order chi connectivity index (χ0) is 19.7. The van der Waals surface area contributed by atoms with Crippen molar-refractivity contribution in [1.29, 1.82) is 5.26 Å². The molecule has 0 unspecified atom stereocenters. The highest BCUT2D eigenvalue weighted by atomic mass is 19.1. The molecule has 0 spiro atoms. The summed E-state index contributed by atoms with van der Waals surface area (Å²) in [5.41, 5.74) is 8.91. The first kappa shape index (κ1) is 17.6. The second-order valence-corrected chi connectivity index (χ2v) is 6.41. The predicted octanol–water partition coefficient (Wildman–Crippen LogP) is 3.65. The molecule has 0 amide bonds. The molecule has 140 valence electrons. The highest BCUT2D eigenvalue weighted by Gasteiger charge is 2.35. The van der Waals surface area contributed by atoms with Crippen LogP contribution in [-0.4, -0.2) is 10.2 Å². The van der Waals surface area contributed by atoms with Gasteiger partial charge in [-0.1, -0.05) is 36.4 Å². The smallest absolute Gasteiger partial charge is 0.244 e. The predicted molar refractivity (Wildman–Crippen MR) is 99.8 cm³/mol. The lowest BCUT2D eigenvalue weighted by Crippen LogP contribution is -2.21. The zero-order valence-corrected chi connectivity index (χ0v) is 15.1. The summed E-state index contributed by atoms with van der Waals surface area (Å²) in [4.78, 5) is 0. The summed E-state index contributed by atoms with van der Waals surface area (Å²) in [5, 5.41) is 16.7. The fourth-order valence-corrected chi connectivity index (χ4v) is 3.33. The Hall–Kier alpha value is -3.79. The van der Waals surface area contributed by atoms with Gasteiger partial charge in [0.15, 0.2) is 0 Å². The van der Waals surface area contributed by atoms with Crippen molar-refractivity contribution in [3.05, 3.63) is 88.2 Å². The number of nitrogens with one attached hydrogen (secondary N) is 1. The number of nitrogens with zero attached hydrogens (tertiary/aromatic N) is 2. The topological polar surface area (TPSA) is 97.0 Å². The first-order chi connectivity index (χ1) is 13.6. The Morgan fingerprint density at radius 1 is 1.25 bits per heavy atom. The number of aromatic nitrogens is 2. The molecule has 1 aromatic heterocycles. The van der Waals surface area contributed by atoms with E-state index in [-0.39, 0.29) is 23.9 Å². The molecule has 3 aromatic rings. The number of aromatic amines is 1. The van der Waals surface area contributed by atoms with Crippen molar-refractivity contribution in [2.24, 2.45) is 5.73 Å². The fraction of sp³-hybridized carbons (Fsp3) is 0.143. The van der Waals surface area contributed by atoms with E-state index in [1.807, 2.05) is 25.1 Å². The van der Waals surface area contributed by atoms with Crippen molar-refractivity contribution in [2.75, 3.05) is 0 Å². The summed E-state index contributed by atoms with van der Waals surface area (Å²) < 4.78 is 25.4. The molecule has 2 aromatic carbocycles. The van der Waals surface area contributed by atoms with Gasteiger partial charge < -0.3 is 15.2 Å². The van der Waals surface area contributed by atoms with E-state index in [0.29, 0.717) is 17.2 Å². The number of hydrogen-bond donors (Lipinski definition) is 2. The number of aryl methyl sites for hydroxylation is 1. The van der Waals surface area contributed by atoms with Crippen LogP contribution < -0.4 is 15.2 Å². The van der Waals surface area contributed by atoms with Crippen LogP contribution in [0.15, 0.2) is 60.0 Å². The zero-order valence-electron chi connectivity index (χ0n) is 15.1. The maximum absolute atomic E-state index is 13.9. The minimum Gasteiger partial charge on any atom is -0.488 e. The summed E-state index contributed by atoms with van der Waals surface area (Å²) >= 11 is 0. The van der Waals surface area contributed by atoms with Crippen LogP contribution in [0.25, 0.3) is 0 Å². The lowest BCUT2D eigenvalue weighted by molar-refractivity contribution is 0.295. The Morgan fingerprint density at radius 2 is 2.00 bits per heavy atom. The van der Waals surface area contributed by atoms with Gasteiger partial charge in [0, 0.05) is 22.4 Å². The number of nitriles is 1. The molecule has 1 aliphatic rings. The molecule has 0 fully saturated rings. The van der Waals surface area contributed by atoms with Crippen LogP contribution in [0.5, 0.6) is 11.6 Å². The Morgan fingerprint density at radius 3 is 2.79 bits per heavy atom. The van der Waals surface area contributed by atoms with E-state index in [4.69, 9.17) is 15.2 Å². The van der Waals surface area contributed by atoms with Crippen molar-refractivity contribution in [2.45, 2.75) is 19.4 Å². The molecule has 2 heterocycles. The normalized spacial score (nSPS) is 15.5. The molecular formula is C21H17FN4O2. The molecular weight excluding hydrogens is 359 g/mol. The number of para-hydroxylation sites is 1. The second-order valence-electron chi connectivity index (χ2n) is 6.41. The second kappa shape index (κ2) is 7.08. The van der Waals surface area contributed by atoms with E-state index in [1.165, 1.54) is 6.07 Å². The van der Waals surface area contributed by atoms with Crippen molar-refractivity contribution in [3.8, 4) is 17.7 Å². The Balaban J connectivity index is 1.76. The van der Waals surface area contributed by atoms with Crippen LogP contribution >= 0.6 is 0 Å². The summed E-state index contributed by atoms with van der Waals surface area (Å²) in [5.74, 6) is 0.0493. The molecule has 1 atom stereocenters. The van der Waals surface area contributed by atoms with E-state index in [0.717, 1.165) is 16.8 Å². The summed E-state index contributed by atoms with van der Waals surface area (Å²) in [6, 6.07) is 15.9. The summed E-state index contributed by atoms with van der Waals surface area (Å²) in [6.07, 6.45) is 0. The van der Waals surface area contributed by atoms with E-state index in [2.05, 4.69) is 16.3 Å².